The summed E-state index contributed by atoms with van der Waals surface area (Å²) in [5.74, 6) is 0.417. The Morgan fingerprint density at radius 1 is 1.03 bits per heavy atom. The standard InChI is InChI=1S/C21H20FN3O2S2/c1-4-24-16-12-15(27-3)10-11-17(16)28-20(24)18-19(26)25(5-2)21(29-18)23-14-8-6-13(22)7-9-14/h6-12H,4-5H2,1-3H3. The molecule has 0 saturated carbocycles. The maximum Gasteiger partial charge on any atom is 0.269 e. The van der Waals surface area contributed by atoms with Gasteiger partial charge in [-0.05, 0) is 62.0 Å². The minimum atomic E-state index is -0.312. The maximum absolute atomic E-state index is 13.2. The minimum absolute atomic E-state index is 0.0564. The molecule has 2 aliphatic heterocycles. The highest BCUT2D eigenvalue weighted by atomic mass is 32.2. The molecule has 1 fully saturated rings. The highest BCUT2D eigenvalue weighted by Gasteiger charge is 2.39. The SMILES string of the molecule is CCN1C(=O)C(=C2Sc3ccc(OC)cc3N2CC)SC1=Nc1ccc(F)cc1. The summed E-state index contributed by atoms with van der Waals surface area (Å²) in [5, 5.41) is 1.52. The van der Waals surface area contributed by atoms with Gasteiger partial charge in [0.2, 0.25) is 0 Å². The van der Waals surface area contributed by atoms with Gasteiger partial charge in [-0.3, -0.25) is 9.69 Å². The zero-order valence-corrected chi connectivity index (χ0v) is 17.9. The van der Waals surface area contributed by atoms with E-state index in [1.807, 2.05) is 25.1 Å². The van der Waals surface area contributed by atoms with Crippen LogP contribution in [0.4, 0.5) is 15.8 Å². The Hall–Kier alpha value is -2.45. The average Bonchev–Trinajstić information content (AvgIpc) is 3.25. The monoisotopic (exact) mass is 429 g/mol. The van der Waals surface area contributed by atoms with Gasteiger partial charge in [-0.2, -0.15) is 0 Å². The largest absolute Gasteiger partial charge is 0.497 e. The number of amides is 1. The lowest BCUT2D eigenvalue weighted by molar-refractivity contribution is -0.122. The van der Waals surface area contributed by atoms with E-state index in [0.717, 1.165) is 27.9 Å². The Labute approximate surface area is 177 Å². The molecular formula is C21H20FN3O2S2. The molecule has 150 valence electrons. The van der Waals surface area contributed by atoms with Gasteiger partial charge in [-0.15, -0.1) is 0 Å². The Kier molecular flexibility index (Phi) is 5.56. The fourth-order valence-corrected chi connectivity index (χ4v) is 5.63. The molecule has 0 unspecified atom stereocenters. The van der Waals surface area contributed by atoms with Crippen LogP contribution in [-0.4, -0.2) is 36.2 Å². The Morgan fingerprint density at radius 3 is 2.41 bits per heavy atom. The number of methoxy groups -OCH3 is 1. The number of amidine groups is 1. The molecule has 2 aromatic carbocycles. The summed E-state index contributed by atoms with van der Waals surface area (Å²) in [7, 11) is 1.65. The smallest absolute Gasteiger partial charge is 0.269 e. The zero-order valence-electron chi connectivity index (χ0n) is 16.3. The van der Waals surface area contributed by atoms with E-state index >= 15 is 0 Å². The van der Waals surface area contributed by atoms with Crippen molar-refractivity contribution < 1.29 is 13.9 Å². The van der Waals surface area contributed by atoms with Crippen molar-refractivity contribution in [3.05, 3.63) is 58.2 Å². The maximum atomic E-state index is 13.2. The van der Waals surface area contributed by atoms with Crippen molar-refractivity contribution >= 4 is 46.0 Å². The molecule has 4 rings (SSSR count). The molecular weight excluding hydrogens is 409 g/mol. The minimum Gasteiger partial charge on any atom is -0.497 e. The van der Waals surface area contributed by atoms with Gasteiger partial charge in [-0.1, -0.05) is 11.8 Å². The zero-order chi connectivity index (χ0) is 20.5. The van der Waals surface area contributed by atoms with Crippen molar-refractivity contribution in [3.63, 3.8) is 0 Å². The number of hydrogen-bond acceptors (Lipinski definition) is 6. The van der Waals surface area contributed by atoms with Gasteiger partial charge in [0.15, 0.2) is 5.17 Å². The third-order valence-corrected chi connectivity index (χ3v) is 7.03. The quantitative estimate of drug-likeness (QED) is 0.624. The molecule has 0 N–H and O–H groups in total. The van der Waals surface area contributed by atoms with Crippen LogP contribution in [0.2, 0.25) is 0 Å². The lowest BCUT2D eigenvalue weighted by atomic mass is 10.2. The Morgan fingerprint density at radius 2 is 1.76 bits per heavy atom. The molecule has 1 saturated heterocycles. The fraction of sp³-hybridized carbons (Fsp3) is 0.238. The fourth-order valence-electron chi connectivity index (χ4n) is 3.20. The van der Waals surface area contributed by atoms with E-state index < -0.39 is 0 Å². The highest BCUT2D eigenvalue weighted by molar-refractivity contribution is 8.19. The van der Waals surface area contributed by atoms with E-state index in [9.17, 15) is 9.18 Å². The molecule has 2 heterocycles. The first-order chi connectivity index (χ1) is 14.0. The Balaban J connectivity index is 1.73. The molecule has 0 spiro atoms. The molecule has 0 atom stereocenters. The first-order valence-electron chi connectivity index (χ1n) is 9.27. The molecule has 0 aromatic heterocycles. The van der Waals surface area contributed by atoms with Crippen molar-refractivity contribution in [3.8, 4) is 5.75 Å². The van der Waals surface area contributed by atoms with Crippen LogP contribution in [0, 0.1) is 5.82 Å². The van der Waals surface area contributed by atoms with Gasteiger partial charge < -0.3 is 9.64 Å². The van der Waals surface area contributed by atoms with Gasteiger partial charge in [0.1, 0.15) is 21.5 Å². The number of likely N-dealkylation sites (N-methyl/N-ethyl adjacent to an activating group) is 1. The van der Waals surface area contributed by atoms with E-state index in [1.54, 1.807) is 35.9 Å². The molecule has 2 aliphatic rings. The molecule has 0 bridgehead atoms. The third kappa shape index (κ3) is 3.62. The lowest BCUT2D eigenvalue weighted by Gasteiger charge is -2.19. The number of carbonyl (C=O) groups excluding carboxylic acids is 1. The summed E-state index contributed by atoms with van der Waals surface area (Å²) < 4.78 is 18.6. The summed E-state index contributed by atoms with van der Waals surface area (Å²) in [6.07, 6.45) is 0. The van der Waals surface area contributed by atoms with E-state index in [4.69, 9.17) is 4.74 Å². The van der Waals surface area contributed by atoms with Crippen LogP contribution >= 0.6 is 23.5 Å². The molecule has 0 aliphatic carbocycles. The summed E-state index contributed by atoms with van der Waals surface area (Å²) >= 11 is 2.95. The van der Waals surface area contributed by atoms with Crippen LogP contribution in [0.15, 0.2) is 62.3 Å². The number of thioether (sulfide) groups is 2. The van der Waals surface area contributed by atoms with Crippen LogP contribution in [-0.2, 0) is 4.79 Å². The first-order valence-corrected chi connectivity index (χ1v) is 10.9. The number of hydrogen-bond donors (Lipinski definition) is 0. The summed E-state index contributed by atoms with van der Waals surface area (Å²) in [6, 6.07) is 11.9. The summed E-state index contributed by atoms with van der Waals surface area (Å²) in [4.78, 5) is 23.3. The molecule has 0 radical (unpaired) electrons. The van der Waals surface area contributed by atoms with E-state index in [0.29, 0.717) is 22.3 Å². The third-order valence-electron chi connectivity index (χ3n) is 4.65. The second-order valence-corrected chi connectivity index (χ2v) is 8.34. The van der Waals surface area contributed by atoms with Crippen molar-refractivity contribution in [2.45, 2.75) is 18.7 Å². The van der Waals surface area contributed by atoms with Crippen LogP contribution < -0.4 is 9.64 Å². The number of ether oxygens (including phenoxy) is 1. The first kappa shape index (κ1) is 19.8. The molecule has 29 heavy (non-hydrogen) atoms. The molecule has 2 aromatic rings. The molecule has 1 amide bonds. The van der Waals surface area contributed by atoms with E-state index in [-0.39, 0.29) is 11.7 Å². The van der Waals surface area contributed by atoms with Crippen LogP contribution in [0.1, 0.15) is 13.8 Å². The Bertz CT molecular complexity index is 1020. The number of nitrogens with zero attached hydrogens (tertiary/aromatic N) is 3. The average molecular weight is 430 g/mol. The normalized spacial score (nSPS) is 20.0. The van der Waals surface area contributed by atoms with Crippen LogP contribution in [0.25, 0.3) is 0 Å². The van der Waals surface area contributed by atoms with Gasteiger partial charge in [0, 0.05) is 24.1 Å². The lowest BCUT2D eigenvalue weighted by Crippen LogP contribution is -2.29. The van der Waals surface area contributed by atoms with Crippen molar-refractivity contribution in [2.75, 3.05) is 25.1 Å². The number of anilines is 1. The number of fused-ring (bicyclic) bond motifs is 1. The highest BCUT2D eigenvalue weighted by Crippen LogP contribution is 2.51. The van der Waals surface area contributed by atoms with Crippen molar-refractivity contribution in [1.29, 1.82) is 0 Å². The van der Waals surface area contributed by atoms with Gasteiger partial charge in [-0.25, -0.2) is 9.38 Å². The van der Waals surface area contributed by atoms with Gasteiger partial charge in [0.25, 0.3) is 5.91 Å². The van der Waals surface area contributed by atoms with Gasteiger partial charge >= 0.3 is 0 Å². The van der Waals surface area contributed by atoms with Crippen LogP contribution in [0.5, 0.6) is 5.75 Å². The van der Waals surface area contributed by atoms with Gasteiger partial charge in [0.05, 0.1) is 18.5 Å². The molecule has 8 heteroatoms. The summed E-state index contributed by atoms with van der Waals surface area (Å²) in [5.41, 5.74) is 1.66. The second-order valence-electron chi connectivity index (χ2n) is 6.34. The predicted molar refractivity (Wildman–Crippen MR) is 117 cm³/mol. The number of benzene rings is 2. The summed E-state index contributed by atoms with van der Waals surface area (Å²) in [6.45, 7) is 5.23. The second kappa shape index (κ2) is 8.12. The number of rotatable bonds is 4. The van der Waals surface area contributed by atoms with Crippen molar-refractivity contribution in [2.24, 2.45) is 4.99 Å². The van der Waals surface area contributed by atoms with E-state index in [2.05, 4.69) is 16.8 Å². The number of carbonyl (C=O) groups is 1. The van der Waals surface area contributed by atoms with Crippen LogP contribution in [0.3, 0.4) is 0 Å². The topological polar surface area (TPSA) is 45.1 Å². The molecule has 5 nitrogen and oxygen atoms in total. The van der Waals surface area contributed by atoms with E-state index in [1.165, 1.54) is 23.9 Å². The predicted octanol–water partition coefficient (Wildman–Crippen LogP) is 5.22. The van der Waals surface area contributed by atoms with Crippen molar-refractivity contribution in [1.82, 2.24) is 4.90 Å². The number of halogens is 1. The number of aliphatic imine (C=N–C) groups is 1.